The molecule has 122 valence electrons. The number of hydrogen-bond donors (Lipinski definition) is 2. The highest BCUT2D eigenvalue weighted by atomic mass is 32.2. The number of nitrogens with one attached hydrogen (secondary N) is 1. The van der Waals surface area contributed by atoms with Crippen molar-refractivity contribution in [3.05, 3.63) is 0 Å². The third-order valence-electron chi connectivity index (χ3n) is 3.85. The van der Waals surface area contributed by atoms with Gasteiger partial charge in [-0.25, -0.2) is 8.42 Å². The van der Waals surface area contributed by atoms with E-state index in [0.717, 1.165) is 12.8 Å². The van der Waals surface area contributed by atoms with Gasteiger partial charge in [0.1, 0.15) is 5.75 Å². The number of carbonyl (C=O) groups excluding carboxylic acids is 1. The first-order valence-electron chi connectivity index (χ1n) is 7.56. The number of amides is 1. The Morgan fingerprint density at radius 2 is 1.76 bits per heavy atom. The monoisotopic (exact) mass is 319 g/mol. The molecule has 0 aromatic heterocycles. The van der Waals surface area contributed by atoms with E-state index in [1.807, 2.05) is 6.92 Å². The number of carboxylic acids is 1. The first-order chi connectivity index (χ1) is 9.84. The SMILES string of the molecule is CCCCCS(=O)(=O)CC(=O)NC1CCC(C(=O)O)CC1. The molecule has 0 radical (unpaired) electrons. The topological polar surface area (TPSA) is 101 Å². The summed E-state index contributed by atoms with van der Waals surface area (Å²) in [4.78, 5) is 22.6. The maximum absolute atomic E-state index is 11.8. The molecule has 0 aromatic rings. The Balaban J connectivity index is 2.32. The fourth-order valence-corrected chi connectivity index (χ4v) is 3.87. The second kappa shape index (κ2) is 8.36. The molecule has 2 N–H and O–H groups in total. The van der Waals surface area contributed by atoms with Crippen LogP contribution in [0.25, 0.3) is 0 Å². The minimum absolute atomic E-state index is 0.0556. The number of carbonyl (C=O) groups is 2. The van der Waals surface area contributed by atoms with Gasteiger partial charge in [-0.3, -0.25) is 9.59 Å². The Kier molecular flexibility index (Phi) is 7.14. The zero-order valence-corrected chi connectivity index (χ0v) is 13.3. The van der Waals surface area contributed by atoms with Crippen molar-refractivity contribution in [2.75, 3.05) is 11.5 Å². The van der Waals surface area contributed by atoms with Crippen molar-refractivity contribution >= 4 is 21.7 Å². The standard InChI is InChI=1S/C14H25NO5S/c1-2-3-4-9-21(19,20)10-13(16)15-12-7-5-11(6-8-12)14(17)18/h11-12H,2-10H2,1H3,(H,15,16)(H,17,18). The van der Waals surface area contributed by atoms with Gasteiger partial charge in [0.2, 0.25) is 5.91 Å². The van der Waals surface area contributed by atoms with Crippen molar-refractivity contribution in [1.29, 1.82) is 0 Å². The minimum atomic E-state index is -3.33. The van der Waals surface area contributed by atoms with E-state index in [0.29, 0.717) is 32.1 Å². The molecule has 1 saturated carbocycles. The van der Waals surface area contributed by atoms with E-state index < -0.39 is 27.5 Å². The van der Waals surface area contributed by atoms with Gasteiger partial charge in [-0.2, -0.15) is 0 Å². The molecule has 0 atom stereocenters. The molecule has 21 heavy (non-hydrogen) atoms. The molecular weight excluding hydrogens is 294 g/mol. The molecule has 0 aromatic carbocycles. The van der Waals surface area contributed by atoms with Crippen LogP contribution < -0.4 is 5.32 Å². The van der Waals surface area contributed by atoms with Gasteiger partial charge in [0.15, 0.2) is 9.84 Å². The molecule has 0 aliphatic heterocycles. The van der Waals surface area contributed by atoms with E-state index >= 15 is 0 Å². The number of unbranched alkanes of at least 4 members (excludes halogenated alkanes) is 2. The van der Waals surface area contributed by atoms with E-state index in [2.05, 4.69) is 5.32 Å². The third-order valence-corrected chi connectivity index (χ3v) is 5.46. The molecule has 1 fully saturated rings. The molecule has 1 amide bonds. The van der Waals surface area contributed by atoms with Crippen molar-refractivity contribution in [3.63, 3.8) is 0 Å². The van der Waals surface area contributed by atoms with Gasteiger partial charge in [0, 0.05) is 6.04 Å². The number of hydrogen-bond acceptors (Lipinski definition) is 4. The molecule has 1 rings (SSSR count). The zero-order valence-electron chi connectivity index (χ0n) is 12.5. The van der Waals surface area contributed by atoms with Crippen LogP contribution in [-0.2, 0) is 19.4 Å². The summed E-state index contributed by atoms with van der Waals surface area (Å²) in [6.45, 7) is 1.99. The Labute approximate surface area is 126 Å². The summed E-state index contributed by atoms with van der Waals surface area (Å²) in [5.41, 5.74) is 0. The summed E-state index contributed by atoms with van der Waals surface area (Å²) in [6.07, 6.45) is 4.63. The summed E-state index contributed by atoms with van der Waals surface area (Å²) in [5, 5.41) is 11.6. The smallest absolute Gasteiger partial charge is 0.306 e. The maximum atomic E-state index is 11.8. The van der Waals surface area contributed by atoms with Crippen LogP contribution in [0, 0.1) is 5.92 Å². The second-order valence-corrected chi connectivity index (χ2v) is 7.94. The second-order valence-electron chi connectivity index (χ2n) is 5.75. The lowest BCUT2D eigenvalue weighted by Crippen LogP contribution is -2.41. The third kappa shape index (κ3) is 6.93. The van der Waals surface area contributed by atoms with Crippen molar-refractivity contribution in [3.8, 4) is 0 Å². The summed E-state index contributed by atoms with van der Waals surface area (Å²) < 4.78 is 23.5. The van der Waals surface area contributed by atoms with Crippen molar-refractivity contribution in [1.82, 2.24) is 5.32 Å². The fraction of sp³-hybridized carbons (Fsp3) is 0.857. The van der Waals surface area contributed by atoms with Gasteiger partial charge in [-0.05, 0) is 32.1 Å². The highest BCUT2D eigenvalue weighted by molar-refractivity contribution is 7.92. The van der Waals surface area contributed by atoms with Crippen LogP contribution in [0.5, 0.6) is 0 Å². The van der Waals surface area contributed by atoms with Gasteiger partial charge in [0.25, 0.3) is 0 Å². The first-order valence-corrected chi connectivity index (χ1v) is 9.38. The van der Waals surface area contributed by atoms with Crippen LogP contribution in [-0.4, -0.2) is 42.9 Å². The zero-order chi connectivity index (χ0) is 15.9. The van der Waals surface area contributed by atoms with Crippen LogP contribution in [0.3, 0.4) is 0 Å². The summed E-state index contributed by atoms with van der Waals surface area (Å²) in [7, 11) is -3.33. The summed E-state index contributed by atoms with van der Waals surface area (Å²) >= 11 is 0. The summed E-state index contributed by atoms with van der Waals surface area (Å²) in [5.74, 6) is -2.00. The van der Waals surface area contributed by atoms with E-state index in [-0.39, 0.29) is 17.7 Å². The van der Waals surface area contributed by atoms with Crippen LogP contribution in [0.4, 0.5) is 0 Å². The predicted octanol–water partition coefficient (Wildman–Crippen LogP) is 1.35. The Morgan fingerprint density at radius 1 is 1.14 bits per heavy atom. The average Bonchev–Trinajstić information content (AvgIpc) is 2.38. The summed E-state index contributed by atoms with van der Waals surface area (Å²) in [6, 6.07) is -0.0982. The molecule has 1 aliphatic rings. The van der Waals surface area contributed by atoms with Crippen LogP contribution in [0.15, 0.2) is 0 Å². The molecular formula is C14H25NO5S. The molecule has 0 bridgehead atoms. The molecule has 0 heterocycles. The number of carboxylic acid groups (broad SMARTS) is 1. The molecule has 0 unspecified atom stereocenters. The number of aliphatic carboxylic acids is 1. The van der Waals surface area contributed by atoms with Crippen molar-refractivity contribution < 1.29 is 23.1 Å². The van der Waals surface area contributed by atoms with Crippen LogP contribution in [0.2, 0.25) is 0 Å². The predicted molar refractivity (Wildman–Crippen MR) is 79.7 cm³/mol. The van der Waals surface area contributed by atoms with Gasteiger partial charge in [-0.15, -0.1) is 0 Å². The highest BCUT2D eigenvalue weighted by Crippen LogP contribution is 2.24. The van der Waals surface area contributed by atoms with Crippen molar-refractivity contribution in [2.24, 2.45) is 5.92 Å². The van der Waals surface area contributed by atoms with Gasteiger partial charge >= 0.3 is 5.97 Å². The molecule has 0 spiro atoms. The van der Waals surface area contributed by atoms with Gasteiger partial charge in [-0.1, -0.05) is 19.8 Å². The lowest BCUT2D eigenvalue weighted by Gasteiger charge is -2.26. The van der Waals surface area contributed by atoms with E-state index in [4.69, 9.17) is 5.11 Å². The van der Waals surface area contributed by atoms with Gasteiger partial charge in [0.05, 0.1) is 11.7 Å². The fourth-order valence-electron chi connectivity index (χ4n) is 2.60. The normalized spacial score (nSPS) is 22.7. The average molecular weight is 319 g/mol. The molecule has 7 heteroatoms. The van der Waals surface area contributed by atoms with E-state index in [1.54, 1.807) is 0 Å². The molecule has 0 saturated heterocycles. The van der Waals surface area contributed by atoms with Crippen molar-refractivity contribution in [2.45, 2.75) is 57.9 Å². The number of rotatable bonds is 8. The minimum Gasteiger partial charge on any atom is -0.481 e. The lowest BCUT2D eigenvalue weighted by atomic mass is 9.86. The van der Waals surface area contributed by atoms with E-state index in [1.165, 1.54) is 0 Å². The largest absolute Gasteiger partial charge is 0.481 e. The number of sulfone groups is 1. The van der Waals surface area contributed by atoms with Crippen LogP contribution in [0.1, 0.15) is 51.9 Å². The Bertz CT molecular complexity index is 452. The first kappa shape index (κ1) is 17.9. The quantitative estimate of drug-likeness (QED) is 0.658. The lowest BCUT2D eigenvalue weighted by molar-refractivity contribution is -0.142. The Morgan fingerprint density at radius 3 is 2.29 bits per heavy atom. The van der Waals surface area contributed by atoms with Crippen LogP contribution >= 0.6 is 0 Å². The maximum Gasteiger partial charge on any atom is 0.306 e. The molecule has 1 aliphatic carbocycles. The van der Waals surface area contributed by atoms with Gasteiger partial charge < -0.3 is 10.4 Å². The highest BCUT2D eigenvalue weighted by Gasteiger charge is 2.27. The van der Waals surface area contributed by atoms with E-state index in [9.17, 15) is 18.0 Å². The Hall–Kier alpha value is -1.11. The molecule has 6 nitrogen and oxygen atoms in total.